The Bertz CT molecular complexity index is 1410. The van der Waals surface area contributed by atoms with Gasteiger partial charge >= 0.3 is 17.9 Å². The fourth-order valence-electron chi connectivity index (χ4n) is 4.60. The lowest BCUT2D eigenvalue weighted by Gasteiger charge is -2.26. The zero-order valence-electron chi connectivity index (χ0n) is 28.4. The number of hydrogen-bond donors (Lipinski definition) is 10. The number of benzene rings is 1. The molecular weight excluding hydrogens is 674 g/mol. The summed E-state index contributed by atoms with van der Waals surface area (Å²) in [5.74, 6) is -9.41. The van der Waals surface area contributed by atoms with E-state index in [0.717, 1.165) is 0 Å². The van der Waals surface area contributed by atoms with Crippen LogP contribution in [0.2, 0.25) is 0 Å². The highest BCUT2D eigenvalue weighted by Crippen LogP contribution is 2.09. The Morgan fingerprint density at radius 1 is 0.647 bits per heavy atom. The third-order valence-corrected chi connectivity index (χ3v) is 7.45. The molecule has 6 atom stereocenters. The summed E-state index contributed by atoms with van der Waals surface area (Å²) in [5, 5.41) is 39.5. The van der Waals surface area contributed by atoms with Crippen molar-refractivity contribution in [1.82, 2.24) is 26.6 Å². The van der Waals surface area contributed by atoms with Crippen LogP contribution in [0.5, 0.6) is 0 Å². The van der Waals surface area contributed by atoms with E-state index in [4.69, 9.17) is 21.7 Å². The molecular formula is C32H47N7O12. The van der Waals surface area contributed by atoms with Crippen LogP contribution in [-0.2, 0) is 49.6 Å². The lowest BCUT2D eigenvalue weighted by molar-refractivity contribution is -0.142. The van der Waals surface area contributed by atoms with Gasteiger partial charge in [0.05, 0.1) is 12.5 Å². The number of unbranched alkanes of at least 4 members (excludes halogenated alkanes) is 1. The van der Waals surface area contributed by atoms with E-state index in [0.29, 0.717) is 18.4 Å². The summed E-state index contributed by atoms with van der Waals surface area (Å²) < 4.78 is 0. The van der Waals surface area contributed by atoms with Gasteiger partial charge in [-0.3, -0.25) is 38.4 Å². The van der Waals surface area contributed by atoms with Crippen LogP contribution < -0.4 is 38.1 Å². The predicted octanol–water partition coefficient (Wildman–Crippen LogP) is -2.12. The van der Waals surface area contributed by atoms with Gasteiger partial charge in [-0.05, 0) is 31.7 Å². The second-order valence-corrected chi connectivity index (χ2v) is 11.8. The van der Waals surface area contributed by atoms with Crippen LogP contribution in [0, 0.1) is 0 Å². The van der Waals surface area contributed by atoms with Crippen molar-refractivity contribution in [1.29, 1.82) is 0 Å². The van der Waals surface area contributed by atoms with E-state index in [1.165, 1.54) is 6.92 Å². The fourth-order valence-corrected chi connectivity index (χ4v) is 4.60. The van der Waals surface area contributed by atoms with Gasteiger partial charge in [-0.25, -0.2) is 4.79 Å². The second kappa shape index (κ2) is 22.2. The third kappa shape index (κ3) is 17.1. The maximum atomic E-state index is 13.6. The van der Waals surface area contributed by atoms with E-state index in [-0.39, 0.29) is 25.7 Å². The molecule has 1 aromatic carbocycles. The molecule has 0 aromatic heterocycles. The Balaban J connectivity index is 3.15. The van der Waals surface area contributed by atoms with Crippen LogP contribution in [0.25, 0.3) is 0 Å². The minimum atomic E-state index is -1.54. The summed E-state index contributed by atoms with van der Waals surface area (Å²) >= 11 is 0. The largest absolute Gasteiger partial charge is 0.481 e. The molecule has 0 aliphatic carbocycles. The molecule has 0 radical (unpaired) electrons. The molecule has 6 amide bonds. The molecule has 0 unspecified atom stereocenters. The van der Waals surface area contributed by atoms with E-state index < -0.39 is 109 Å². The first-order valence-corrected chi connectivity index (χ1v) is 16.2. The molecule has 282 valence electrons. The Morgan fingerprint density at radius 3 is 1.71 bits per heavy atom. The van der Waals surface area contributed by atoms with Crippen LogP contribution in [0.15, 0.2) is 30.3 Å². The Hall–Kier alpha value is -5.59. The molecule has 0 aliphatic heterocycles. The van der Waals surface area contributed by atoms with Crippen LogP contribution in [0.3, 0.4) is 0 Å². The van der Waals surface area contributed by atoms with Gasteiger partial charge < -0.3 is 53.4 Å². The van der Waals surface area contributed by atoms with E-state index in [2.05, 4.69) is 26.6 Å². The number of carbonyl (C=O) groups excluding carboxylic acids is 6. The lowest BCUT2D eigenvalue weighted by atomic mass is 10.0. The van der Waals surface area contributed by atoms with Gasteiger partial charge in [-0.15, -0.1) is 0 Å². The number of hydrogen-bond acceptors (Lipinski definition) is 10. The first-order valence-electron chi connectivity index (χ1n) is 16.2. The van der Waals surface area contributed by atoms with E-state index in [1.54, 1.807) is 30.3 Å². The summed E-state index contributed by atoms with van der Waals surface area (Å²) in [6.45, 7) is 3.09. The molecule has 0 fully saturated rings. The summed E-state index contributed by atoms with van der Waals surface area (Å²) in [6, 6.07) is 0.0628. The van der Waals surface area contributed by atoms with Crippen molar-refractivity contribution in [3.63, 3.8) is 0 Å². The number of carboxylic acids is 3. The normalized spacial score (nSPS) is 14.3. The zero-order valence-corrected chi connectivity index (χ0v) is 28.4. The van der Waals surface area contributed by atoms with E-state index in [9.17, 15) is 48.3 Å². The van der Waals surface area contributed by atoms with E-state index >= 15 is 0 Å². The van der Waals surface area contributed by atoms with Crippen molar-refractivity contribution in [3.8, 4) is 0 Å². The van der Waals surface area contributed by atoms with Gasteiger partial charge in [0.2, 0.25) is 35.4 Å². The van der Waals surface area contributed by atoms with Crippen LogP contribution in [0.4, 0.5) is 0 Å². The first-order chi connectivity index (χ1) is 23.9. The van der Waals surface area contributed by atoms with Gasteiger partial charge in [0.1, 0.15) is 30.2 Å². The fraction of sp³-hybridized carbons (Fsp3) is 0.531. The number of rotatable bonds is 24. The lowest BCUT2D eigenvalue weighted by Crippen LogP contribution is -2.59. The molecule has 51 heavy (non-hydrogen) atoms. The van der Waals surface area contributed by atoms with Gasteiger partial charge in [-0.2, -0.15) is 0 Å². The predicted molar refractivity (Wildman–Crippen MR) is 178 cm³/mol. The maximum absolute atomic E-state index is 13.6. The molecule has 19 nitrogen and oxygen atoms in total. The first kappa shape index (κ1) is 43.4. The minimum Gasteiger partial charge on any atom is -0.481 e. The monoisotopic (exact) mass is 721 g/mol. The summed E-state index contributed by atoms with van der Waals surface area (Å²) in [4.78, 5) is 110. The third-order valence-electron chi connectivity index (χ3n) is 7.45. The Kier molecular flexibility index (Phi) is 18.9. The molecule has 1 rings (SSSR count). The van der Waals surface area contributed by atoms with Gasteiger partial charge in [0, 0.05) is 19.3 Å². The van der Waals surface area contributed by atoms with Gasteiger partial charge in [0.15, 0.2) is 0 Å². The molecule has 0 bridgehead atoms. The van der Waals surface area contributed by atoms with E-state index in [1.807, 2.05) is 6.92 Å². The van der Waals surface area contributed by atoms with Crippen LogP contribution >= 0.6 is 0 Å². The number of carbonyl (C=O) groups is 9. The number of primary amides is 1. The molecule has 19 heteroatoms. The summed E-state index contributed by atoms with van der Waals surface area (Å²) in [5.41, 5.74) is 11.3. The summed E-state index contributed by atoms with van der Waals surface area (Å²) in [7, 11) is 0. The zero-order chi connectivity index (χ0) is 38.7. The number of carboxylic acid groups (broad SMARTS) is 3. The van der Waals surface area contributed by atoms with Crippen molar-refractivity contribution in [2.24, 2.45) is 11.5 Å². The number of nitrogens with one attached hydrogen (secondary N) is 5. The molecule has 0 saturated heterocycles. The maximum Gasteiger partial charge on any atom is 0.326 e. The molecule has 0 saturated carbocycles. The van der Waals surface area contributed by atoms with Crippen molar-refractivity contribution in [2.45, 2.75) is 108 Å². The van der Waals surface area contributed by atoms with Crippen molar-refractivity contribution < 1.29 is 58.5 Å². The SMILES string of the molecule is CCCC[C@H](NC(=O)[C@H](C)NC(=O)[C@H](CCC(=O)O)NC(=O)[C@@H](N)CC(=O)O)C(=O)N[C@@H](Cc1ccccc1)C(=O)N[C@@H](CCC(N)=O)C(=O)O. The van der Waals surface area contributed by atoms with Crippen molar-refractivity contribution in [3.05, 3.63) is 35.9 Å². The molecule has 12 N–H and O–H groups in total. The Labute approximate surface area is 293 Å². The smallest absolute Gasteiger partial charge is 0.326 e. The molecule has 0 heterocycles. The van der Waals surface area contributed by atoms with Gasteiger partial charge in [-0.1, -0.05) is 50.1 Å². The van der Waals surface area contributed by atoms with Gasteiger partial charge in [0.25, 0.3) is 0 Å². The second-order valence-electron chi connectivity index (χ2n) is 11.8. The Morgan fingerprint density at radius 2 is 1.16 bits per heavy atom. The molecule has 0 spiro atoms. The van der Waals surface area contributed by atoms with Crippen LogP contribution in [0.1, 0.15) is 70.8 Å². The average Bonchev–Trinajstić information content (AvgIpc) is 3.05. The quantitative estimate of drug-likeness (QED) is 0.0547. The standard InChI is InChI=1S/C32H47N7O12/c1-3-4-10-20(36-27(45)17(2)35-29(47)21(12-14-25(41)42)37-28(46)19(33)16-26(43)44)30(48)39-23(15-18-8-6-5-7-9-18)31(49)38-22(32(50)51)11-13-24(34)40/h5-9,17,19-23H,3-4,10-16,33H2,1-2H3,(H2,34,40)(H,35,47)(H,36,45)(H,37,46)(H,38,49)(H,39,48)(H,41,42)(H,43,44)(H,50,51)/t17-,19-,20-,21-,22-,23-/m0/s1. The van der Waals surface area contributed by atoms with Crippen molar-refractivity contribution >= 4 is 53.4 Å². The topological polar surface area (TPSA) is 327 Å². The average molecular weight is 722 g/mol. The number of amides is 6. The van der Waals surface area contributed by atoms with Crippen molar-refractivity contribution in [2.75, 3.05) is 0 Å². The number of nitrogens with two attached hydrogens (primary N) is 2. The van der Waals surface area contributed by atoms with Crippen LogP contribution in [-0.4, -0.2) is 105 Å². The number of aliphatic carboxylic acids is 3. The highest BCUT2D eigenvalue weighted by Gasteiger charge is 2.32. The minimum absolute atomic E-state index is 0.0684. The summed E-state index contributed by atoms with van der Waals surface area (Å²) in [6.07, 6.45) is -1.28. The molecule has 1 aromatic rings. The highest BCUT2D eigenvalue weighted by atomic mass is 16.4. The molecule has 0 aliphatic rings. The highest BCUT2D eigenvalue weighted by molar-refractivity contribution is 5.96.